The van der Waals surface area contributed by atoms with Crippen LogP contribution in [0.4, 0.5) is 13.2 Å². The van der Waals surface area contributed by atoms with E-state index < -0.39 is 17.4 Å². The second-order valence-electron chi connectivity index (χ2n) is 12.3. The van der Waals surface area contributed by atoms with Crippen molar-refractivity contribution < 1.29 is 22.8 Å². The van der Waals surface area contributed by atoms with Gasteiger partial charge in [0, 0.05) is 12.0 Å². The third kappa shape index (κ3) is 8.91. The van der Waals surface area contributed by atoms with E-state index >= 15 is 0 Å². The van der Waals surface area contributed by atoms with Gasteiger partial charge in [0.2, 0.25) is 0 Å². The number of amides is 1. The fourth-order valence-corrected chi connectivity index (χ4v) is 6.26. The summed E-state index contributed by atoms with van der Waals surface area (Å²) < 4.78 is 39.7. The molecule has 1 spiro atoms. The third-order valence-electron chi connectivity index (χ3n) is 8.52. The van der Waals surface area contributed by atoms with E-state index in [-0.39, 0.29) is 23.1 Å². The Morgan fingerprint density at radius 1 is 1.07 bits per heavy atom. The number of hydrazine groups is 1. The summed E-state index contributed by atoms with van der Waals surface area (Å²) in [5.74, 6) is 5.84. The predicted molar refractivity (Wildman–Crippen MR) is 173 cm³/mol. The van der Waals surface area contributed by atoms with Crippen LogP contribution < -0.4 is 22.8 Å². The minimum absolute atomic E-state index is 0.137. The molecule has 2 aromatic rings. The number of nitrogens with two attached hydrogens (primary N) is 3. The zero-order valence-corrected chi connectivity index (χ0v) is 27.0. The number of halogens is 3. The number of benzene rings is 2. The Bertz CT molecular complexity index is 1300. The van der Waals surface area contributed by atoms with E-state index in [2.05, 4.69) is 44.1 Å². The number of alkyl halides is 3. The summed E-state index contributed by atoms with van der Waals surface area (Å²) in [6.07, 6.45) is 0.801. The van der Waals surface area contributed by atoms with Crippen LogP contribution in [0.2, 0.25) is 0 Å². The fraction of sp³-hybridized carbons (Fsp3) is 0.515. The van der Waals surface area contributed by atoms with Crippen LogP contribution in [0.1, 0.15) is 94.5 Å². The molecule has 7 N–H and O–H groups in total. The zero-order chi connectivity index (χ0) is 34.0. The van der Waals surface area contributed by atoms with Crippen molar-refractivity contribution >= 4 is 24.2 Å². The number of nitrogens with zero attached hydrogens (tertiary/aromatic N) is 3. The van der Waals surface area contributed by atoms with Crippen LogP contribution in [-0.2, 0) is 22.2 Å². The molecule has 45 heavy (non-hydrogen) atoms. The van der Waals surface area contributed by atoms with Gasteiger partial charge in [0.25, 0.3) is 5.91 Å². The quantitative estimate of drug-likeness (QED) is 0.131. The SMILES string of the molecule is C=O.CCCC(c1ccc(C/C(N)=N/NN)cc1)N1C(=O)C(c2ccc(C(F)(F)F)cc2)=NC12CCC(C(C)(C)C)CC2.CN. The molecule has 1 saturated carbocycles. The maximum atomic E-state index is 14.2. The molecule has 0 bridgehead atoms. The predicted octanol–water partition coefficient (Wildman–Crippen LogP) is 5.48. The first kappa shape index (κ1) is 37.4. The summed E-state index contributed by atoms with van der Waals surface area (Å²) in [5.41, 5.74) is 13.8. The van der Waals surface area contributed by atoms with Crippen LogP contribution in [0.5, 0.6) is 0 Å². The van der Waals surface area contributed by atoms with E-state index in [1.54, 1.807) is 0 Å². The molecule has 1 fully saturated rings. The summed E-state index contributed by atoms with van der Waals surface area (Å²) in [4.78, 5) is 29.3. The second kappa shape index (κ2) is 16.0. The lowest BCUT2D eigenvalue weighted by atomic mass is 9.69. The molecule has 1 unspecified atom stereocenters. The summed E-state index contributed by atoms with van der Waals surface area (Å²) >= 11 is 0. The van der Waals surface area contributed by atoms with Gasteiger partial charge in [-0.2, -0.15) is 18.3 Å². The molecule has 2 aromatic carbocycles. The van der Waals surface area contributed by atoms with Crippen molar-refractivity contribution in [1.82, 2.24) is 10.4 Å². The maximum Gasteiger partial charge on any atom is 0.416 e. The number of aliphatic imine (C=N–C) groups is 1. The molecule has 1 amide bonds. The van der Waals surface area contributed by atoms with Crippen LogP contribution >= 0.6 is 0 Å². The highest BCUT2D eigenvalue weighted by Crippen LogP contribution is 2.50. The molecule has 12 heteroatoms. The molecule has 1 heterocycles. The molecule has 0 radical (unpaired) electrons. The van der Waals surface area contributed by atoms with E-state index in [0.29, 0.717) is 36.6 Å². The van der Waals surface area contributed by atoms with Crippen molar-refractivity contribution in [2.24, 2.45) is 38.7 Å². The standard InChI is InChI=1S/C31H41F3N6O.CH5N.CH2O/c1-5-6-25(21-9-7-20(8-10-21)19-26(35)38-39-36)40-28(41)27(22-11-13-24(14-12-22)31(32,33)34)37-30(40)17-15-23(16-18-30)29(2,3)4;2*1-2/h7-14,23,25,39H,5-6,15-19,36H2,1-4H3,(H2,35,38);2H2,1H3;1H2. The normalized spacial score (nSPS) is 20.9. The summed E-state index contributed by atoms with van der Waals surface area (Å²) in [5, 5.41) is 3.81. The highest BCUT2D eigenvalue weighted by atomic mass is 19.4. The van der Waals surface area contributed by atoms with Gasteiger partial charge >= 0.3 is 6.18 Å². The number of hydrazone groups is 1. The van der Waals surface area contributed by atoms with Crippen LogP contribution in [0.15, 0.2) is 58.6 Å². The van der Waals surface area contributed by atoms with Crippen LogP contribution in [-0.4, -0.2) is 41.9 Å². The Kier molecular flexibility index (Phi) is 13.3. The van der Waals surface area contributed by atoms with Crippen molar-refractivity contribution in [3.05, 3.63) is 70.8 Å². The van der Waals surface area contributed by atoms with Gasteiger partial charge in [0.15, 0.2) is 0 Å². The van der Waals surface area contributed by atoms with Crippen molar-refractivity contribution in [2.45, 2.75) is 90.5 Å². The van der Waals surface area contributed by atoms with Crippen LogP contribution in [0, 0.1) is 11.3 Å². The summed E-state index contributed by atoms with van der Waals surface area (Å²) in [6, 6.07) is 12.5. The molecule has 1 atom stereocenters. The number of carbonyl (C=O) groups is 2. The Morgan fingerprint density at radius 2 is 1.62 bits per heavy atom. The van der Waals surface area contributed by atoms with Crippen molar-refractivity contribution in [3.8, 4) is 0 Å². The lowest BCUT2D eigenvalue weighted by Gasteiger charge is -2.47. The average molecular weight is 632 g/mol. The number of amidine groups is 1. The number of carbonyl (C=O) groups excluding carboxylic acids is 2. The first-order valence-corrected chi connectivity index (χ1v) is 15.1. The van der Waals surface area contributed by atoms with Gasteiger partial charge in [0.05, 0.1) is 11.6 Å². The van der Waals surface area contributed by atoms with Crippen molar-refractivity contribution in [1.29, 1.82) is 0 Å². The molecule has 1 aliphatic heterocycles. The molecule has 0 aromatic heterocycles. The molecule has 248 valence electrons. The summed E-state index contributed by atoms with van der Waals surface area (Å²) in [7, 11) is 1.50. The lowest BCUT2D eigenvalue weighted by Crippen LogP contribution is -2.51. The number of nitrogens with one attached hydrogen (secondary N) is 1. The molecule has 4 rings (SSSR count). The number of rotatable bonds is 8. The fourth-order valence-electron chi connectivity index (χ4n) is 6.26. The lowest BCUT2D eigenvalue weighted by molar-refractivity contribution is -0.137. The van der Waals surface area contributed by atoms with Gasteiger partial charge < -0.3 is 21.2 Å². The van der Waals surface area contributed by atoms with Gasteiger partial charge in [-0.25, -0.2) is 11.4 Å². The highest BCUT2D eigenvalue weighted by Gasteiger charge is 2.52. The Labute approximate surface area is 264 Å². The molecular formula is C33H48F3N7O2. The number of hydrogen-bond acceptors (Lipinski definition) is 7. The first-order valence-electron chi connectivity index (χ1n) is 15.1. The Hall–Kier alpha value is -3.77. The molecule has 0 saturated heterocycles. The largest absolute Gasteiger partial charge is 0.416 e. The van der Waals surface area contributed by atoms with Crippen LogP contribution in [0.25, 0.3) is 0 Å². The van der Waals surface area contributed by atoms with E-state index in [1.165, 1.54) is 19.2 Å². The van der Waals surface area contributed by atoms with Crippen LogP contribution in [0.3, 0.4) is 0 Å². The Balaban J connectivity index is 0.00000169. The summed E-state index contributed by atoms with van der Waals surface area (Å²) in [6.45, 7) is 10.8. The highest BCUT2D eigenvalue weighted by molar-refractivity contribution is 6.46. The molecular weight excluding hydrogens is 583 g/mol. The zero-order valence-electron chi connectivity index (χ0n) is 27.0. The third-order valence-corrected chi connectivity index (χ3v) is 8.52. The molecule has 9 nitrogen and oxygen atoms in total. The second-order valence-corrected chi connectivity index (χ2v) is 12.3. The molecule has 2 aliphatic rings. The van der Waals surface area contributed by atoms with E-state index in [4.69, 9.17) is 21.4 Å². The van der Waals surface area contributed by atoms with Gasteiger partial charge in [0.1, 0.15) is 24.0 Å². The monoisotopic (exact) mass is 631 g/mol. The van der Waals surface area contributed by atoms with E-state index in [1.807, 2.05) is 36.0 Å². The maximum absolute atomic E-state index is 14.2. The minimum atomic E-state index is -4.45. The van der Waals surface area contributed by atoms with Crippen molar-refractivity contribution in [3.63, 3.8) is 0 Å². The van der Waals surface area contributed by atoms with Crippen molar-refractivity contribution in [2.75, 3.05) is 7.05 Å². The first-order chi connectivity index (χ1) is 21.3. The molecule has 1 aliphatic carbocycles. The topological polar surface area (TPSA) is 152 Å². The minimum Gasteiger partial charge on any atom is -0.385 e. The van der Waals surface area contributed by atoms with Gasteiger partial charge in [-0.05, 0) is 73.7 Å². The van der Waals surface area contributed by atoms with Gasteiger partial charge in [-0.15, -0.1) is 0 Å². The Morgan fingerprint density at radius 3 is 2.09 bits per heavy atom. The van der Waals surface area contributed by atoms with E-state index in [0.717, 1.165) is 48.9 Å². The average Bonchev–Trinajstić information content (AvgIpc) is 3.28. The van der Waals surface area contributed by atoms with Gasteiger partial charge in [-0.1, -0.05) is 70.5 Å². The number of hydrogen-bond donors (Lipinski definition) is 4. The van der Waals surface area contributed by atoms with E-state index in [9.17, 15) is 18.0 Å². The van der Waals surface area contributed by atoms with Gasteiger partial charge in [-0.3, -0.25) is 9.79 Å². The smallest absolute Gasteiger partial charge is 0.385 e.